The first kappa shape index (κ1) is 12.1. The second-order valence-corrected chi connectivity index (χ2v) is 4.20. The molecule has 0 amide bonds. The molecule has 0 aliphatic carbocycles. The number of rotatable bonds is 2. The second kappa shape index (κ2) is 4.86. The van der Waals surface area contributed by atoms with Gasteiger partial charge in [-0.25, -0.2) is 4.39 Å². The monoisotopic (exact) mass is 268 g/mol. The molecule has 2 aromatic carbocycles. The van der Waals surface area contributed by atoms with Crippen molar-refractivity contribution in [2.24, 2.45) is 0 Å². The summed E-state index contributed by atoms with van der Waals surface area (Å²) in [5.74, 6) is -1.05. The molecule has 2 rings (SSSR count). The number of ketones is 1. The van der Waals surface area contributed by atoms with Gasteiger partial charge in [0.1, 0.15) is 5.82 Å². The quantitative estimate of drug-likeness (QED) is 0.740. The summed E-state index contributed by atoms with van der Waals surface area (Å²) in [4.78, 5) is 12.1. The molecule has 0 N–H and O–H groups in total. The minimum absolute atomic E-state index is 0.0170. The highest BCUT2D eigenvalue weighted by Gasteiger charge is 2.17. The highest BCUT2D eigenvalue weighted by molar-refractivity contribution is 6.44. The Morgan fingerprint density at radius 3 is 2.29 bits per heavy atom. The summed E-state index contributed by atoms with van der Waals surface area (Å²) in [5, 5.41) is 0.413. The molecule has 0 aliphatic heterocycles. The Hall–Kier alpha value is -1.38. The van der Waals surface area contributed by atoms with Crippen molar-refractivity contribution in [3.8, 4) is 0 Å². The molecule has 0 spiro atoms. The van der Waals surface area contributed by atoms with Crippen LogP contribution in [0.3, 0.4) is 0 Å². The molecule has 0 bridgehead atoms. The summed E-state index contributed by atoms with van der Waals surface area (Å²) in [6, 6.07) is 10.4. The first-order valence-electron chi connectivity index (χ1n) is 4.84. The Kier molecular flexibility index (Phi) is 3.46. The third-order valence-corrected chi connectivity index (χ3v) is 3.13. The summed E-state index contributed by atoms with van der Waals surface area (Å²) in [7, 11) is 0. The van der Waals surface area contributed by atoms with Crippen molar-refractivity contribution in [1.29, 1.82) is 0 Å². The van der Waals surface area contributed by atoms with E-state index in [0.717, 1.165) is 0 Å². The Bertz CT molecular complexity index is 581. The SMILES string of the molecule is O=C(c1ccccc1F)c1cccc(Cl)c1Cl. The first-order chi connectivity index (χ1) is 8.11. The van der Waals surface area contributed by atoms with Crippen LogP contribution in [0.1, 0.15) is 15.9 Å². The fraction of sp³-hybridized carbons (Fsp3) is 0. The van der Waals surface area contributed by atoms with Gasteiger partial charge >= 0.3 is 0 Å². The Morgan fingerprint density at radius 2 is 1.59 bits per heavy atom. The van der Waals surface area contributed by atoms with E-state index >= 15 is 0 Å². The van der Waals surface area contributed by atoms with Gasteiger partial charge in [0.05, 0.1) is 15.6 Å². The molecule has 0 unspecified atom stereocenters. The smallest absolute Gasteiger partial charge is 0.197 e. The predicted octanol–water partition coefficient (Wildman–Crippen LogP) is 4.36. The van der Waals surface area contributed by atoms with Crippen LogP contribution in [0.2, 0.25) is 10.0 Å². The minimum Gasteiger partial charge on any atom is -0.288 e. The van der Waals surface area contributed by atoms with Crippen molar-refractivity contribution >= 4 is 29.0 Å². The Balaban J connectivity index is 2.52. The predicted molar refractivity (Wildman–Crippen MR) is 66.3 cm³/mol. The zero-order valence-electron chi connectivity index (χ0n) is 8.58. The van der Waals surface area contributed by atoms with Gasteiger partial charge in [-0.15, -0.1) is 0 Å². The van der Waals surface area contributed by atoms with Crippen LogP contribution in [-0.4, -0.2) is 5.78 Å². The van der Waals surface area contributed by atoms with E-state index in [1.807, 2.05) is 0 Å². The molecule has 0 saturated carbocycles. The average Bonchev–Trinajstić information content (AvgIpc) is 2.32. The van der Waals surface area contributed by atoms with Crippen LogP contribution >= 0.6 is 23.2 Å². The van der Waals surface area contributed by atoms with Crippen molar-refractivity contribution in [1.82, 2.24) is 0 Å². The zero-order chi connectivity index (χ0) is 12.4. The van der Waals surface area contributed by atoms with Crippen LogP contribution < -0.4 is 0 Å². The second-order valence-electron chi connectivity index (χ2n) is 3.41. The highest BCUT2D eigenvalue weighted by atomic mass is 35.5. The van der Waals surface area contributed by atoms with Crippen molar-refractivity contribution in [3.63, 3.8) is 0 Å². The lowest BCUT2D eigenvalue weighted by molar-refractivity contribution is 0.103. The molecular weight excluding hydrogens is 262 g/mol. The normalized spacial score (nSPS) is 10.3. The molecule has 86 valence electrons. The van der Waals surface area contributed by atoms with Crippen LogP contribution in [0.5, 0.6) is 0 Å². The van der Waals surface area contributed by atoms with Gasteiger partial charge in [-0.3, -0.25) is 4.79 Å². The van der Waals surface area contributed by atoms with E-state index in [0.29, 0.717) is 0 Å². The number of carbonyl (C=O) groups excluding carboxylic acids is 1. The first-order valence-corrected chi connectivity index (χ1v) is 5.60. The van der Waals surface area contributed by atoms with E-state index in [1.54, 1.807) is 18.2 Å². The fourth-order valence-corrected chi connectivity index (χ4v) is 1.86. The largest absolute Gasteiger partial charge is 0.288 e. The van der Waals surface area contributed by atoms with Gasteiger partial charge < -0.3 is 0 Å². The highest BCUT2D eigenvalue weighted by Crippen LogP contribution is 2.27. The van der Waals surface area contributed by atoms with Gasteiger partial charge in [-0.1, -0.05) is 41.4 Å². The average molecular weight is 269 g/mol. The van der Waals surface area contributed by atoms with Gasteiger partial charge in [0.15, 0.2) is 5.78 Å². The minimum atomic E-state index is -0.575. The summed E-state index contributed by atoms with van der Waals surface area (Å²) in [6.07, 6.45) is 0. The maximum Gasteiger partial charge on any atom is 0.197 e. The third kappa shape index (κ3) is 2.33. The van der Waals surface area contributed by atoms with E-state index in [4.69, 9.17) is 23.2 Å². The number of benzene rings is 2. The Morgan fingerprint density at radius 1 is 0.941 bits per heavy atom. The summed E-state index contributed by atoms with van der Waals surface area (Å²) in [5.41, 5.74) is 0.181. The van der Waals surface area contributed by atoms with E-state index in [2.05, 4.69) is 0 Å². The molecule has 4 heteroatoms. The van der Waals surface area contributed by atoms with Gasteiger partial charge in [0.25, 0.3) is 0 Å². The Labute approximate surface area is 108 Å². The molecule has 0 aliphatic rings. The maximum absolute atomic E-state index is 13.5. The lowest BCUT2D eigenvalue weighted by Crippen LogP contribution is -2.04. The van der Waals surface area contributed by atoms with Gasteiger partial charge in [-0.05, 0) is 24.3 Å². The molecule has 0 atom stereocenters. The summed E-state index contributed by atoms with van der Waals surface area (Å²) < 4.78 is 13.5. The van der Waals surface area contributed by atoms with Crippen molar-refractivity contribution in [3.05, 3.63) is 69.5 Å². The lowest BCUT2D eigenvalue weighted by Gasteiger charge is -2.05. The molecule has 0 radical (unpaired) electrons. The van der Waals surface area contributed by atoms with Gasteiger partial charge in [-0.2, -0.15) is 0 Å². The lowest BCUT2D eigenvalue weighted by atomic mass is 10.0. The van der Waals surface area contributed by atoms with Crippen LogP contribution in [0.25, 0.3) is 0 Å². The van der Waals surface area contributed by atoms with Crippen LogP contribution in [0.15, 0.2) is 42.5 Å². The molecule has 0 saturated heterocycles. The maximum atomic E-state index is 13.5. The molecule has 0 aromatic heterocycles. The number of carbonyl (C=O) groups is 1. The van der Waals surface area contributed by atoms with E-state index in [9.17, 15) is 9.18 Å². The van der Waals surface area contributed by atoms with Crippen molar-refractivity contribution in [2.45, 2.75) is 0 Å². The van der Waals surface area contributed by atoms with Crippen molar-refractivity contribution < 1.29 is 9.18 Å². The van der Waals surface area contributed by atoms with Crippen LogP contribution in [0, 0.1) is 5.82 Å². The van der Waals surface area contributed by atoms with Crippen LogP contribution in [-0.2, 0) is 0 Å². The number of halogens is 3. The zero-order valence-corrected chi connectivity index (χ0v) is 10.1. The standard InChI is InChI=1S/C13H7Cl2FO/c14-10-6-3-5-9(12(10)15)13(17)8-4-1-2-7-11(8)16/h1-7H. The third-order valence-electron chi connectivity index (χ3n) is 2.31. The number of hydrogen-bond acceptors (Lipinski definition) is 1. The fourth-order valence-electron chi connectivity index (χ4n) is 1.47. The van der Waals surface area contributed by atoms with Crippen molar-refractivity contribution in [2.75, 3.05) is 0 Å². The van der Waals surface area contributed by atoms with Gasteiger partial charge in [0, 0.05) is 5.56 Å². The van der Waals surface area contributed by atoms with E-state index in [-0.39, 0.29) is 21.2 Å². The topological polar surface area (TPSA) is 17.1 Å². The molecule has 0 heterocycles. The van der Waals surface area contributed by atoms with Crippen LogP contribution in [0.4, 0.5) is 4.39 Å². The molecule has 17 heavy (non-hydrogen) atoms. The summed E-state index contributed by atoms with van der Waals surface area (Å²) >= 11 is 11.7. The molecule has 1 nitrogen and oxygen atoms in total. The molecular formula is C13H7Cl2FO. The van der Waals surface area contributed by atoms with E-state index < -0.39 is 11.6 Å². The molecule has 2 aromatic rings. The van der Waals surface area contributed by atoms with E-state index in [1.165, 1.54) is 24.3 Å². The molecule has 0 fully saturated rings. The number of hydrogen-bond donors (Lipinski definition) is 0. The summed E-state index contributed by atoms with van der Waals surface area (Å²) in [6.45, 7) is 0. The van der Waals surface area contributed by atoms with Gasteiger partial charge in [0.2, 0.25) is 0 Å².